The molecular weight excluding hydrogens is 160 g/mol. The van der Waals surface area contributed by atoms with Crippen LogP contribution in [0.1, 0.15) is 39.0 Å². The van der Waals surface area contributed by atoms with Crippen molar-refractivity contribution in [2.75, 3.05) is 13.1 Å². The molecule has 0 spiro atoms. The fraction of sp³-hybridized carbons (Fsp3) is 1.00. The lowest BCUT2D eigenvalue weighted by molar-refractivity contribution is 0.0724. The summed E-state index contributed by atoms with van der Waals surface area (Å²) < 4.78 is 0. The predicted octanol–water partition coefficient (Wildman–Crippen LogP) is 1.60. The first-order valence-corrected chi connectivity index (χ1v) is 5.77. The van der Waals surface area contributed by atoms with Crippen molar-refractivity contribution in [1.82, 2.24) is 4.90 Å². The Labute approximate surface area is 81.5 Å². The third kappa shape index (κ3) is 2.05. The van der Waals surface area contributed by atoms with Crippen LogP contribution in [0.15, 0.2) is 0 Å². The van der Waals surface area contributed by atoms with Crippen molar-refractivity contribution in [3.63, 3.8) is 0 Å². The molecule has 2 saturated heterocycles. The Kier molecular flexibility index (Phi) is 2.89. The Morgan fingerprint density at radius 1 is 1.23 bits per heavy atom. The van der Waals surface area contributed by atoms with Crippen molar-refractivity contribution in [1.29, 1.82) is 0 Å². The summed E-state index contributed by atoms with van der Waals surface area (Å²) in [6, 6.07) is 1.28. The molecule has 3 unspecified atom stereocenters. The average molecular weight is 182 g/mol. The first kappa shape index (κ1) is 9.47. The summed E-state index contributed by atoms with van der Waals surface area (Å²) in [6.45, 7) is 4.82. The molecular formula is C11H22N2. The fourth-order valence-electron chi connectivity index (χ4n) is 2.90. The van der Waals surface area contributed by atoms with Gasteiger partial charge in [-0.2, -0.15) is 0 Å². The highest BCUT2D eigenvalue weighted by atomic mass is 15.2. The molecule has 2 heteroatoms. The first-order chi connectivity index (χ1) is 6.27. The van der Waals surface area contributed by atoms with Gasteiger partial charge >= 0.3 is 0 Å². The van der Waals surface area contributed by atoms with Crippen molar-refractivity contribution in [2.45, 2.75) is 51.1 Å². The Hall–Kier alpha value is -0.0800. The maximum atomic E-state index is 5.97. The lowest BCUT2D eigenvalue weighted by Crippen LogP contribution is -2.48. The smallest absolute Gasteiger partial charge is 0.00984 e. The molecule has 2 nitrogen and oxygen atoms in total. The van der Waals surface area contributed by atoms with Crippen LogP contribution < -0.4 is 5.73 Å². The Morgan fingerprint density at radius 2 is 2.08 bits per heavy atom. The van der Waals surface area contributed by atoms with E-state index in [9.17, 15) is 0 Å². The van der Waals surface area contributed by atoms with E-state index < -0.39 is 0 Å². The van der Waals surface area contributed by atoms with Crippen LogP contribution in [0.5, 0.6) is 0 Å². The van der Waals surface area contributed by atoms with Gasteiger partial charge in [0, 0.05) is 12.1 Å². The van der Waals surface area contributed by atoms with Gasteiger partial charge in [0.25, 0.3) is 0 Å². The number of hydrogen-bond acceptors (Lipinski definition) is 2. The summed E-state index contributed by atoms with van der Waals surface area (Å²) in [5.74, 6) is 0.791. The van der Waals surface area contributed by atoms with E-state index in [1.54, 1.807) is 0 Å². The van der Waals surface area contributed by atoms with Crippen molar-refractivity contribution in [2.24, 2.45) is 11.7 Å². The zero-order valence-electron chi connectivity index (χ0n) is 8.71. The monoisotopic (exact) mass is 182 g/mol. The molecule has 3 atom stereocenters. The molecule has 2 heterocycles. The van der Waals surface area contributed by atoms with Gasteiger partial charge in [0.2, 0.25) is 0 Å². The number of hydrogen-bond donors (Lipinski definition) is 1. The van der Waals surface area contributed by atoms with E-state index in [0.29, 0.717) is 6.04 Å². The van der Waals surface area contributed by atoms with Gasteiger partial charge in [0.1, 0.15) is 0 Å². The zero-order chi connectivity index (χ0) is 9.26. The minimum atomic E-state index is 0.407. The van der Waals surface area contributed by atoms with Crippen molar-refractivity contribution >= 4 is 0 Å². The molecule has 0 radical (unpaired) electrons. The normalized spacial score (nSPS) is 38.3. The van der Waals surface area contributed by atoms with Crippen LogP contribution in [0.3, 0.4) is 0 Å². The molecule has 13 heavy (non-hydrogen) atoms. The molecule has 2 rings (SSSR count). The summed E-state index contributed by atoms with van der Waals surface area (Å²) in [5.41, 5.74) is 5.97. The van der Waals surface area contributed by atoms with Gasteiger partial charge in [0.05, 0.1) is 0 Å². The molecule has 0 aromatic heterocycles. The molecule has 0 amide bonds. The minimum Gasteiger partial charge on any atom is -0.328 e. The van der Waals surface area contributed by atoms with Crippen LogP contribution in [-0.4, -0.2) is 30.1 Å². The SMILES string of the molecule is CC(N)C1CCN2CCCCC2C1. The molecule has 2 aliphatic rings. The van der Waals surface area contributed by atoms with E-state index in [1.165, 1.54) is 45.2 Å². The van der Waals surface area contributed by atoms with Gasteiger partial charge in [-0.05, 0) is 51.6 Å². The highest BCUT2D eigenvalue weighted by molar-refractivity contribution is 4.87. The van der Waals surface area contributed by atoms with Crippen LogP contribution in [0, 0.1) is 5.92 Å². The Morgan fingerprint density at radius 3 is 2.85 bits per heavy atom. The van der Waals surface area contributed by atoms with Gasteiger partial charge in [-0.25, -0.2) is 0 Å². The molecule has 2 N–H and O–H groups in total. The van der Waals surface area contributed by atoms with E-state index in [1.807, 2.05) is 0 Å². The topological polar surface area (TPSA) is 29.3 Å². The number of piperidine rings is 2. The summed E-state index contributed by atoms with van der Waals surface area (Å²) in [7, 11) is 0. The van der Waals surface area contributed by atoms with Gasteiger partial charge < -0.3 is 10.6 Å². The largest absolute Gasteiger partial charge is 0.328 e. The van der Waals surface area contributed by atoms with Crippen LogP contribution in [0.25, 0.3) is 0 Å². The molecule has 0 aliphatic carbocycles. The van der Waals surface area contributed by atoms with Gasteiger partial charge in [-0.3, -0.25) is 0 Å². The second kappa shape index (κ2) is 3.97. The fourth-order valence-corrected chi connectivity index (χ4v) is 2.90. The maximum Gasteiger partial charge on any atom is 0.00984 e. The van der Waals surface area contributed by atoms with Crippen molar-refractivity contribution < 1.29 is 0 Å². The molecule has 0 saturated carbocycles. The lowest BCUT2D eigenvalue weighted by atomic mass is 9.83. The molecule has 0 aromatic rings. The lowest BCUT2D eigenvalue weighted by Gasteiger charge is -2.43. The second-order valence-corrected chi connectivity index (χ2v) is 4.83. The quantitative estimate of drug-likeness (QED) is 0.667. The molecule has 2 fully saturated rings. The van der Waals surface area contributed by atoms with E-state index >= 15 is 0 Å². The molecule has 76 valence electrons. The van der Waals surface area contributed by atoms with Gasteiger partial charge in [-0.15, -0.1) is 0 Å². The number of rotatable bonds is 1. The number of nitrogens with zero attached hydrogens (tertiary/aromatic N) is 1. The third-order valence-corrected chi connectivity index (χ3v) is 3.85. The van der Waals surface area contributed by atoms with E-state index in [4.69, 9.17) is 5.73 Å². The number of fused-ring (bicyclic) bond motifs is 1. The third-order valence-electron chi connectivity index (χ3n) is 3.85. The predicted molar refractivity (Wildman–Crippen MR) is 55.6 cm³/mol. The van der Waals surface area contributed by atoms with Crippen LogP contribution >= 0.6 is 0 Å². The zero-order valence-corrected chi connectivity index (χ0v) is 8.71. The van der Waals surface area contributed by atoms with E-state index in [-0.39, 0.29) is 0 Å². The van der Waals surface area contributed by atoms with E-state index in [0.717, 1.165) is 12.0 Å². The second-order valence-electron chi connectivity index (χ2n) is 4.83. The highest BCUT2D eigenvalue weighted by Gasteiger charge is 2.31. The van der Waals surface area contributed by atoms with Crippen molar-refractivity contribution in [3.8, 4) is 0 Å². The van der Waals surface area contributed by atoms with Gasteiger partial charge in [-0.1, -0.05) is 6.42 Å². The standard InChI is InChI=1S/C11H22N2/c1-9(12)10-5-7-13-6-3-2-4-11(13)8-10/h9-11H,2-8,12H2,1H3. The van der Waals surface area contributed by atoms with Crippen LogP contribution in [0.4, 0.5) is 0 Å². The molecule has 2 aliphatic heterocycles. The number of nitrogens with two attached hydrogens (primary N) is 1. The average Bonchev–Trinajstić information content (AvgIpc) is 2.17. The summed E-state index contributed by atoms with van der Waals surface area (Å²) >= 11 is 0. The van der Waals surface area contributed by atoms with E-state index in [2.05, 4.69) is 11.8 Å². The molecule has 0 bridgehead atoms. The minimum absolute atomic E-state index is 0.407. The Balaban J connectivity index is 1.91. The summed E-state index contributed by atoms with van der Waals surface area (Å²) in [6.07, 6.45) is 6.96. The van der Waals surface area contributed by atoms with Crippen LogP contribution in [-0.2, 0) is 0 Å². The summed E-state index contributed by atoms with van der Waals surface area (Å²) in [5, 5.41) is 0. The Bertz CT molecular complexity index is 167. The summed E-state index contributed by atoms with van der Waals surface area (Å²) in [4.78, 5) is 2.68. The molecule has 0 aromatic carbocycles. The first-order valence-electron chi connectivity index (χ1n) is 5.77. The van der Waals surface area contributed by atoms with Crippen molar-refractivity contribution in [3.05, 3.63) is 0 Å². The highest BCUT2D eigenvalue weighted by Crippen LogP contribution is 2.30. The maximum absolute atomic E-state index is 5.97. The van der Waals surface area contributed by atoms with Gasteiger partial charge in [0.15, 0.2) is 0 Å². The van der Waals surface area contributed by atoms with Crippen LogP contribution in [0.2, 0.25) is 0 Å².